The average Bonchev–Trinajstić information content (AvgIpc) is 3.13. The lowest BCUT2D eigenvalue weighted by Crippen LogP contribution is -2.50. The summed E-state index contributed by atoms with van der Waals surface area (Å²) in [6, 6.07) is 10.0. The molecule has 0 saturated heterocycles. The third kappa shape index (κ3) is 3.84. The van der Waals surface area contributed by atoms with Crippen LogP contribution in [0.25, 0.3) is 17.0 Å². The number of aliphatic carboxylic acids is 1. The summed E-state index contributed by atoms with van der Waals surface area (Å²) < 4.78 is 31.2. The van der Waals surface area contributed by atoms with E-state index < -0.39 is 23.6 Å². The Bertz CT molecular complexity index is 1250. The molecule has 3 aromatic rings. The van der Waals surface area contributed by atoms with Gasteiger partial charge in [-0.3, -0.25) is 4.90 Å². The van der Waals surface area contributed by atoms with Gasteiger partial charge in [0.15, 0.2) is 0 Å². The molecule has 2 heterocycles. The highest BCUT2D eigenvalue weighted by Gasteiger charge is 2.44. The van der Waals surface area contributed by atoms with Gasteiger partial charge in [-0.1, -0.05) is 31.5 Å². The highest BCUT2D eigenvalue weighted by molar-refractivity contribution is 5.86. The van der Waals surface area contributed by atoms with Gasteiger partial charge in [0.2, 0.25) is 0 Å². The molecule has 2 unspecified atom stereocenters. The van der Waals surface area contributed by atoms with E-state index in [0.29, 0.717) is 0 Å². The smallest absolute Gasteiger partial charge is 0.328 e. The van der Waals surface area contributed by atoms with Gasteiger partial charge in [-0.05, 0) is 73.4 Å². The quantitative estimate of drug-likeness (QED) is 0.412. The second-order valence-corrected chi connectivity index (χ2v) is 9.97. The molecule has 0 bridgehead atoms. The van der Waals surface area contributed by atoms with Crippen LogP contribution in [0.5, 0.6) is 0 Å². The standard InChI is InChI=1S/C28H30F2N2O2/c1-3-28(11-6-12-28)16-32-17(2)13-20-19-7-4-5-8-23(19)31-26(20)27(32)25-21(29)14-18(15-22(25)30)9-10-24(33)34/h4-5,7-10,14-15,17,27,31H,3,6,11-13,16H2,1-2H3,(H,33,34)/b10-9+. The largest absolute Gasteiger partial charge is 0.478 e. The van der Waals surface area contributed by atoms with Crippen molar-refractivity contribution in [1.29, 1.82) is 0 Å². The summed E-state index contributed by atoms with van der Waals surface area (Å²) in [5.41, 5.74) is 3.36. The molecule has 2 aliphatic rings. The van der Waals surface area contributed by atoms with Gasteiger partial charge in [-0.15, -0.1) is 0 Å². The van der Waals surface area contributed by atoms with Crippen molar-refractivity contribution in [3.05, 3.63) is 76.5 Å². The van der Waals surface area contributed by atoms with E-state index in [1.54, 1.807) is 0 Å². The van der Waals surface area contributed by atoms with Crippen LogP contribution in [0.1, 0.15) is 68.0 Å². The Morgan fingerprint density at radius 2 is 1.94 bits per heavy atom. The average molecular weight is 465 g/mol. The Balaban J connectivity index is 1.67. The van der Waals surface area contributed by atoms with Crippen molar-refractivity contribution < 1.29 is 18.7 Å². The normalized spacial score (nSPS) is 22.1. The Morgan fingerprint density at radius 1 is 1.24 bits per heavy atom. The van der Waals surface area contributed by atoms with Gasteiger partial charge in [0.25, 0.3) is 0 Å². The number of nitrogens with one attached hydrogen (secondary N) is 1. The number of nitrogens with zero attached hydrogens (tertiary/aromatic N) is 1. The molecular formula is C28H30F2N2O2. The van der Waals surface area contributed by atoms with Gasteiger partial charge in [-0.2, -0.15) is 0 Å². The summed E-state index contributed by atoms with van der Waals surface area (Å²) in [7, 11) is 0. The summed E-state index contributed by atoms with van der Waals surface area (Å²) >= 11 is 0. The molecule has 6 heteroatoms. The fraction of sp³-hybridized carbons (Fsp3) is 0.393. The van der Waals surface area contributed by atoms with Crippen molar-refractivity contribution in [1.82, 2.24) is 9.88 Å². The van der Waals surface area contributed by atoms with Gasteiger partial charge in [0.05, 0.1) is 6.04 Å². The lowest BCUT2D eigenvalue weighted by Gasteiger charge is -2.50. The fourth-order valence-corrected chi connectivity index (χ4v) is 5.88. The SMILES string of the molecule is CCC1(CN2C(C)Cc3c([nH]c4ccccc34)C2c2c(F)cc(/C=C/C(=O)O)cc2F)CCC1. The van der Waals surface area contributed by atoms with Crippen molar-refractivity contribution >= 4 is 22.9 Å². The Labute approximate surface area is 198 Å². The van der Waals surface area contributed by atoms with Crippen LogP contribution in [0, 0.1) is 17.0 Å². The number of halogens is 2. The molecule has 178 valence electrons. The maximum absolute atomic E-state index is 15.6. The van der Waals surface area contributed by atoms with E-state index in [1.807, 2.05) is 18.2 Å². The number of carboxylic acids is 1. The summed E-state index contributed by atoms with van der Waals surface area (Å²) in [5.74, 6) is -2.47. The minimum absolute atomic E-state index is 0.0254. The predicted molar refractivity (Wildman–Crippen MR) is 130 cm³/mol. The monoisotopic (exact) mass is 464 g/mol. The third-order valence-corrected chi connectivity index (χ3v) is 7.99. The second-order valence-electron chi connectivity index (χ2n) is 9.97. The first-order chi connectivity index (χ1) is 16.3. The molecule has 0 amide bonds. The number of aromatic amines is 1. The van der Waals surface area contributed by atoms with Crippen LogP contribution in [0.4, 0.5) is 8.78 Å². The molecule has 1 fully saturated rings. The van der Waals surface area contributed by atoms with Crippen LogP contribution >= 0.6 is 0 Å². The zero-order chi connectivity index (χ0) is 24.0. The number of hydrogen-bond acceptors (Lipinski definition) is 2. The van der Waals surface area contributed by atoms with E-state index >= 15 is 8.78 Å². The van der Waals surface area contributed by atoms with Gasteiger partial charge in [-0.25, -0.2) is 13.6 Å². The Hall–Kier alpha value is -2.99. The number of fused-ring (bicyclic) bond motifs is 3. The highest BCUT2D eigenvalue weighted by Crippen LogP contribution is 2.49. The zero-order valence-electron chi connectivity index (χ0n) is 19.6. The molecule has 2 atom stereocenters. The molecule has 2 aromatic carbocycles. The van der Waals surface area contributed by atoms with E-state index in [0.717, 1.165) is 60.5 Å². The number of H-pyrrole nitrogens is 1. The van der Waals surface area contributed by atoms with Crippen LogP contribution in [0.15, 0.2) is 42.5 Å². The van der Waals surface area contributed by atoms with E-state index in [2.05, 4.69) is 29.8 Å². The number of benzene rings is 2. The van der Waals surface area contributed by atoms with Gasteiger partial charge < -0.3 is 10.1 Å². The van der Waals surface area contributed by atoms with Gasteiger partial charge in [0.1, 0.15) is 11.6 Å². The minimum atomic E-state index is -1.16. The summed E-state index contributed by atoms with van der Waals surface area (Å²) in [4.78, 5) is 16.7. The zero-order valence-corrected chi connectivity index (χ0v) is 19.6. The number of carboxylic acid groups (broad SMARTS) is 1. The van der Waals surface area contributed by atoms with Gasteiger partial charge >= 0.3 is 5.97 Å². The number of carbonyl (C=O) groups is 1. The van der Waals surface area contributed by atoms with Crippen LogP contribution in [-0.4, -0.2) is 33.5 Å². The number of aromatic nitrogens is 1. The molecule has 1 aromatic heterocycles. The first-order valence-electron chi connectivity index (χ1n) is 12.1. The molecule has 34 heavy (non-hydrogen) atoms. The highest BCUT2D eigenvalue weighted by atomic mass is 19.1. The van der Waals surface area contributed by atoms with E-state index in [9.17, 15) is 4.79 Å². The van der Waals surface area contributed by atoms with Crippen molar-refractivity contribution in [2.75, 3.05) is 6.54 Å². The first-order valence-corrected chi connectivity index (χ1v) is 12.1. The van der Waals surface area contributed by atoms with Crippen LogP contribution < -0.4 is 0 Å². The van der Waals surface area contributed by atoms with Crippen LogP contribution in [0.3, 0.4) is 0 Å². The van der Waals surface area contributed by atoms with Crippen molar-refractivity contribution in [2.45, 2.75) is 58.0 Å². The third-order valence-electron chi connectivity index (χ3n) is 7.99. The fourth-order valence-electron chi connectivity index (χ4n) is 5.88. The molecule has 1 aliphatic carbocycles. The van der Waals surface area contributed by atoms with Crippen molar-refractivity contribution in [3.8, 4) is 0 Å². The minimum Gasteiger partial charge on any atom is -0.478 e. The number of hydrogen-bond donors (Lipinski definition) is 2. The van der Waals surface area contributed by atoms with Crippen molar-refractivity contribution in [3.63, 3.8) is 0 Å². The van der Waals surface area contributed by atoms with Gasteiger partial charge in [0, 0.05) is 40.8 Å². The maximum Gasteiger partial charge on any atom is 0.328 e. The number of rotatable bonds is 6. The maximum atomic E-state index is 15.6. The summed E-state index contributed by atoms with van der Waals surface area (Å²) in [6.45, 7) is 5.16. The molecule has 0 radical (unpaired) electrons. The number of para-hydroxylation sites is 1. The molecular weight excluding hydrogens is 434 g/mol. The molecule has 1 aliphatic heterocycles. The van der Waals surface area contributed by atoms with E-state index in [-0.39, 0.29) is 22.6 Å². The van der Waals surface area contributed by atoms with Crippen LogP contribution in [0.2, 0.25) is 0 Å². The van der Waals surface area contributed by atoms with Crippen LogP contribution in [-0.2, 0) is 11.2 Å². The predicted octanol–water partition coefficient (Wildman–Crippen LogP) is 6.46. The van der Waals surface area contributed by atoms with E-state index in [4.69, 9.17) is 5.11 Å². The Kier molecular flexibility index (Phi) is 5.80. The second kappa shape index (κ2) is 8.66. The lowest BCUT2D eigenvalue weighted by molar-refractivity contribution is -0.131. The molecule has 2 N–H and O–H groups in total. The van der Waals surface area contributed by atoms with Crippen molar-refractivity contribution in [2.24, 2.45) is 5.41 Å². The summed E-state index contributed by atoms with van der Waals surface area (Å²) in [6.07, 6.45) is 7.46. The molecule has 4 nitrogen and oxygen atoms in total. The van der Waals surface area contributed by atoms with E-state index in [1.165, 1.54) is 24.6 Å². The Morgan fingerprint density at radius 3 is 2.56 bits per heavy atom. The molecule has 0 spiro atoms. The lowest BCUT2D eigenvalue weighted by atomic mass is 9.66. The molecule has 1 saturated carbocycles. The molecule has 5 rings (SSSR count). The topological polar surface area (TPSA) is 56.3 Å². The summed E-state index contributed by atoms with van der Waals surface area (Å²) in [5, 5.41) is 9.99. The first kappa shape index (κ1) is 22.8.